The number of aromatic nitrogens is 2. The number of furan rings is 1. The van der Waals surface area contributed by atoms with E-state index in [2.05, 4.69) is 21.0 Å². The number of benzene rings is 2. The molecule has 4 rings (SSSR count). The standard InChI is InChI=1S/C22H17FN4O4/c23-17-8-4-3-7-16(17)18-11-9-13(31-18)10-12-19(28)24-27-22(30)20-14-5-1-2-6-15(14)21(29)26-25-20/h1-9,11H,10,12H2,(H,24,28)(H,26,29)(H,27,30). The van der Waals surface area contributed by atoms with Gasteiger partial charge in [-0.1, -0.05) is 30.3 Å². The highest BCUT2D eigenvalue weighted by atomic mass is 19.1. The van der Waals surface area contributed by atoms with Gasteiger partial charge in [0.05, 0.1) is 10.9 Å². The average molecular weight is 420 g/mol. The van der Waals surface area contributed by atoms with Gasteiger partial charge in [-0.05, 0) is 30.3 Å². The van der Waals surface area contributed by atoms with Crippen molar-refractivity contribution in [2.24, 2.45) is 0 Å². The fraction of sp³-hybridized carbons (Fsp3) is 0.0909. The molecule has 0 radical (unpaired) electrons. The van der Waals surface area contributed by atoms with Crippen molar-refractivity contribution in [2.45, 2.75) is 12.8 Å². The molecule has 2 heterocycles. The zero-order chi connectivity index (χ0) is 21.8. The van der Waals surface area contributed by atoms with Crippen LogP contribution in [0.2, 0.25) is 0 Å². The number of H-pyrrole nitrogens is 1. The van der Waals surface area contributed by atoms with Crippen LogP contribution in [0.5, 0.6) is 0 Å². The first-order chi connectivity index (χ1) is 15.0. The lowest BCUT2D eigenvalue weighted by Crippen LogP contribution is -2.42. The third kappa shape index (κ3) is 4.35. The first-order valence-corrected chi connectivity index (χ1v) is 9.43. The molecular weight excluding hydrogens is 403 g/mol. The van der Waals surface area contributed by atoms with Gasteiger partial charge >= 0.3 is 0 Å². The maximum atomic E-state index is 13.8. The Balaban J connectivity index is 1.34. The lowest BCUT2D eigenvalue weighted by Gasteiger charge is -2.08. The number of carbonyl (C=O) groups is 2. The maximum absolute atomic E-state index is 13.8. The Hall–Kier alpha value is -4.27. The van der Waals surface area contributed by atoms with Gasteiger partial charge in [0.2, 0.25) is 5.91 Å². The Morgan fingerprint density at radius 2 is 1.71 bits per heavy atom. The average Bonchev–Trinajstić information content (AvgIpc) is 3.25. The van der Waals surface area contributed by atoms with E-state index in [0.29, 0.717) is 27.9 Å². The van der Waals surface area contributed by atoms with E-state index in [4.69, 9.17) is 4.42 Å². The Kier molecular flexibility index (Phi) is 5.57. The molecule has 0 aliphatic carbocycles. The third-order valence-electron chi connectivity index (χ3n) is 4.63. The number of fused-ring (bicyclic) bond motifs is 1. The Morgan fingerprint density at radius 1 is 0.968 bits per heavy atom. The first kappa shape index (κ1) is 20.0. The molecule has 0 saturated carbocycles. The zero-order valence-corrected chi connectivity index (χ0v) is 16.1. The highest BCUT2D eigenvalue weighted by Crippen LogP contribution is 2.25. The molecule has 2 aromatic carbocycles. The molecule has 156 valence electrons. The molecule has 0 spiro atoms. The monoisotopic (exact) mass is 420 g/mol. The van der Waals surface area contributed by atoms with Crippen molar-refractivity contribution in [1.82, 2.24) is 21.0 Å². The van der Waals surface area contributed by atoms with Gasteiger partial charge in [-0.15, -0.1) is 0 Å². The van der Waals surface area contributed by atoms with Gasteiger partial charge in [0.1, 0.15) is 17.3 Å². The summed E-state index contributed by atoms with van der Waals surface area (Å²) in [7, 11) is 0. The van der Waals surface area contributed by atoms with Crippen LogP contribution in [0.1, 0.15) is 22.7 Å². The smallest absolute Gasteiger partial charge is 0.290 e. The van der Waals surface area contributed by atoms with E-state index < -0.39 is 23.2 Å². The third-order valence-corrected chi connectivity index (χ3v) is 4.63. The molecule has 0 aliphatic heterocycles. The number of halogens is 1. The second-order valence-electron chi connectivity index (χ2n) is 6.70. The number of amides is 2. The van der Waals surface area contributed by atoms with E-state index in [-0.39, 0.29) is 18.5 Å². The number of hydrogen-bond acceptors (Lipinski definition) is 5. The summed E-state index contributed by atoms with van der Waals surface area (Å²) in [4.78, 5) is 36.3. The van der Waals surface area contributed by atoms with E-state index in [1.807, 2.05) is 0 Å². The number of hydrazine groups is 1. The van der Waals surface area contributed by atoms with Gasteiger partial charge in [-0.25, -0.2) is 9.49 Å². The first-order valence-electron chi connectivity index (χ1n) is 9.43. The summed E-state index contributed by atoms with van der Waals surface area (Å²) in [6.45, 7) is 0. The van der Waals surface area contributed by atoms with Crippen LogP contribution in [0.3, 0.4) is 0 Å². The van der Waals surface area contributed by atoms with Crippen molar-refractivity contribution in [1.29, 1.82) is 0 Å². The van der Waals surface area contributed by atoms with Crippen molar-refractivity contribution in [2.75, 3.05) is 0 Å². The molecule has 3 N–H and O–H groups in total. The quantitative estimate of drug-likeness (QED) is 0.429. The van der Waals surface area contributed by atoms with Crippen molar-refractivity contribution in [3.63, 3.8) is 0 Å². The summed E-state index contributed by atoms with van der Waals surface area (Å²) in [5, 5.41) is 6.72. The number of nitrogens with zero attached hydrogens (tertiary/aromatic N) is 1. The maximum Gasteiger partial charge on any atom is 0.290 e. The lowest BCUT2D eigenvalue weighted by atomic mass is 10.1. The fourth-order valence-corrected chi connectivity index (χ4v) is 3.09. The predicted octanol–water partition coefficient (Wildman–Crippen LogP) is 2.72. The van der Waals surface area contributed by atoms with Crippen LogP contribution in [-0.4, -0.2) is 22.0 Å². The van der Waals surface area contributed by atoms with Gasteiger partial charge in [0, 0.05) is 18.2 Å². The summed E-state index contributed by atoms with van der Waals surface area (Å²) in [6.07, 6.45) is 0.292. The van der Waals surface area contributed by atoms with Crippen LogP contribution >= 0.6 is 0 Å². The van der Waals surface area contributed by atoms with Crippen molar-refractivity contribution >= 4 is 22.6 Å². The molecule has 0 bridgehead atoms. The van der Waals surface area contributed by atoms with Crippen LogP contribution < -0.4 is 16.4 Å². The Morgan fingerprint density at radius 3 is 2.52 bits per heavy atom. The minimum Gasteiger partial charge on any atom is -0.461 e. The second-order valence-corrected chi connectivity index (χ2v) is 6.70. The number of rotatable bonds is 5. The van der Waals surface area contributed by atoms with Gasteiger partial charge < -0.3 is 4.42 Å². The molecule has 0 saturated heterocycles. The van der Waals surface area contributed by atoms with Crippen LogP contribution in [0.15, 0.2) is 69.9 Å². The SMILES string of the molecule is O=C(CCc1ccc(-c2ccccc2F)o1)NNC(=O)c1n[nH]c(=O)c2ccccc12. The highest BCUT2D eigenvalue weighted by Gasteiger charge is 2.15. The summed E-state index contributed by atoms with van der Waals surface area (Å²) >= 11 is 0. The van der Waals surface area contributed by atoms with E-state index in [1.165, 1.54) is 6.07 Å². The molecule has 9 heteroatoms. The van der Waals surface area contributed by atoms with Crippen LogP contribution in [0.25, 0.3) is 22.1 Å². The number of aryl methyl sites for hydroxylation is 1. The summed E-state index contributed by atoms with van der Waals surface area (Å²) in [5.41, 5.74) is 4.50. The molecule has 8 nitrogen and oxygen atoms in total. The highest BCUT2D eigenvalue weighted by molar-refractivity contribution is 6.05. The number of hydrogen-bond donors (Lipinski definition) is 3. The molecule has 0 fully saturated rings. The normalized spacial score (nSPS) is 10.7. The molecule has 0 aliphatic rings. The summed E-state index contributed by atoms with van der Waals surface area (Å²) in [5.74, 6) is -0.635. The molecule has 2 aromatic heterocycles. The Bertz CT molecular complexity index is 1330. The minimum absolute atomic E-state index is 0.0175. The molecular formula is C22H17FN4O4. The van der Waals surface area contributed by atoms with Crippen molar-refractivity contribution in [3.05, 3.63) is 88.3 Å². The molecule has 2 amide bonds. The van der Waals surface area contributed by atoms with Crippen molar-refractivity contribution in [3.8, 4) is 11.3 Å². The van der Waals surface area contributed by atoms with E-state index in [1.54, 1.807) is 54.6 Å². The number of carbonyl (C=O) groups excluding carboxylic acids is 2. The number of aromatic amines is 1. The van der Waals surface area contributed by atoms with Gasteiger partial charge in [-0.3, -0.25) is 25.2 Å². The fourth-order valence-electron chi connectivity index (χ4n) is 3.09. The molecule has 4 aromatic rings. The van der Waals surface area contributed by atoms with Crippen LogP contribution in [0.4, 0.5) is 4.39 Å². The van der Waals surface area contributed by atoms with E-state index >= 15 is 0 Å². The topological polar surface area (TPSA) is 117 Å². The lowest BCUT2D eigenvalue weighted by molar-refractivity contribution is -0.121. The zero-order valence-electron chi connectivity index (χ0n) is 16.1. The van der Waals surface area contributed by atoms with Gasteiger partial charge in [-0.2, -0.15) is 5.10 Å². The predicted molar refractivity (Wildman–Crippen MR) is 110 cm³/mol. The summed E-state index contributed by atoms with van der Waals surface area (Å²) < 4.78 is 19.4. The molecule has 0 unspecified atom stereocenters. The van der Waals surface area contributed by atoms with Crippen LogP contribution in [0, 0.1) is 5.82 Å². The summed E-state index contributed by atoms with van der Waals surface area (Å²) in [6, 6.07) is 16.1. The largest absolute Gasteiger partial charge is 0.461 e. The van der Waals surface area contributed by atoms with Gasteiger partial charge in [0.25, 0.3) is 11.5 Å². The second kappa shape index (κ2) is 8.62. The van der Waals surface area contributed by atoms with Gasteiger partial charge in [0.15, 0.2) is 5.69 Å². The molecule has 0 atom stereocenters. The van der Waals surface area contributed by atoms with E-state index in [9.17, 15) is 18.8 Å². The van der Waals surface area contributed by atoms with Crippen molar-refractivity contribution < 1.29 is 18.4 Å². The molecule has 31 heavy (non-hydrogen) atoms. The Labute approximate surface area is 175 Å². The minimum atomic E-state index is -0.666. The number of nitrogens with one attached hydrogen (secondary N) is 3. The van der Waals surface area contributed by atoms with Crippen LogP contribution in [-0.2, 0) is 11.2 Å². The van der Waals surface area contributed by atoms with E-state index in [0.717, 1.165) is 0 Å².